The number of alkyl halides is 2. The molecule has 1 unspecified atom stereocenters. The van der Waals surface area contributed by atoms with Gasteiger partial charge in [-0.25, -0.2) is 8.78 Å². The van der Waals surface area contributed by atoms with E-state index in [1.54, 1.807) is 0 Å². The average Bonchev–Trinajstić information content (AvgIpc) is 2.72. The van der Waals surface area contributed by atoms with Gasteiger partial charge in [0.25, 0.3) is 6.43 Å². The monoisotopic (exact) mass is 276 g/mol. The maximum Gasteiger partial charge on any atom is 0.261 e. The van der Waals surface area contributed by atoms with E-state index >= 15 is 0 Å². The summed E-state index contributed by atoms with van der Waals surface area (Å²) in [5, 5.41) is 4.35. The largest absolute Gasteiger partial charge is 0.375 e. The zero-order valence-electron chi connectivity index (χ0n) is 11.4. The standard InChI is InChI=1S/C12H22F2N4O/c1-3-18-11(6-9(2)17-18)7-10(16-15)4-5-19-8-12(13)14/h6,10,12,16H,3-5,7-8,15H2,1-2H3. The highest BCUT2D eigenvalue weighted by Crippen LogP contribution is 2.09. The van der Waals surface area contributed by atoms with Gasteiger partial charge >= 0.3 is 0 Å². The topological polar surface area (TPSA) is 65.1 Å². The predicted molar refractivity (Wildman–Crippen MR) is 68.9 cm³/mol. The molecule has 0 saturated carbocycles. The number of nitrogens with zero attached hydrogens (tertiary/aromatic N) is 2. The van der Waals surface area contributed by atoms with E-state index in [-0.39, 0.29) is 12.6 Å². The van der Waals surface area contributed by atoms with Crippen molar-refractivity contribution in [2.75, 3.05) is 13.2 Å². The SMILES string of the molecule is CCn1nc(C)cc1CC(CCOCC(F)F)NN. The molecule has 0 fully saturated rings. The number of hydrogen-bond donors (Lipinski definition) is 2. The number of nitrogens with two attached hydrogens (primary N) is 1. The predicted octanol–water partition coefficient (Wildman–Crippen LogP) is 1.26. The summed E-state index contributed by atoms with van der Waals surface area (Å²) >= 11 is 0. The Bertz CT molecular complexity index is 371. The van der Waals surface area contributed by atoms with E-state index in [2.05, 4.69) is 10.5 Å². The van der Waals surface area contributed by atoms with E-state index in [9.17, 15) is 8.78 Å². The second-order valence-corrected chi connectivity index (χ2v) is 4.42. The van der Waals surface area contributed by atoms with Crippen LogP contribution in [0.15, 0.2) is 6.07 Å². The number of hydrazine groups is 1. The summed E-state index contributed by atoms with van der Waals surface area (Å²) in [5.74, 6) is 5.48. The molecule has 1 atom stereocenters. The average molecular weight is 276 g/mol. The Morgan fingerprint density at radius 3 is 2.84 bits per heavy atom. The van der Waals surface area contributed by atoms with Crippen LogP contribution in [0.2, 0.25) is 0 Å². The lowest BCUT2D eigenvalue weighted by molar-refractivity contribution is 0.0144. The summed E-state index contributed by atoms with van der Waals surface area (Å²) in [4.78, 5) is 0. The van der Waals surface area contributed by atoms with E-state index in [0.717, 1.165) is 17.9 Å². The van der Waals surface area contributed by atoms with Gasteiger partial charge in [-0.15, -0.1) is 0 Å². The highest BCUT2D eigenvalue weighted by atomic mass is 19.3. The minimum Gasteiger partial charge on any atom is -0.375 e. The first-order chi connectivity index (χ1) is 9.06. The summed E-state index contributed by atoms with van der Waals surface area (Å²) < 4.78 is 30.6. The van der Waals surface area contributed by atoms with Crippen molar-refractivity contribution in [3.63, 3.8) is 0 Å². The molecule has 0 amide bonds. The molecule has 0 aliphatic rings. The summed E-state index contributed by atoms with van der Waals surface area (Å²) in [7, 11) is 0. The molecule has 0 aliphatic heterocycles. The number of rotatable bonds is 9. The Labute approximate surface area is 112 Å². The molecular weight excluding hydrogens is 254 g/mol. The molecule has 0 aliphatic carbocycles. The highest BCUT2D eigenvalue weighted by molar-refractivity contribution is 5.10. The van der Waals surface area contributed by atoms with Crippen molar-refractivity contribution in [2.24, 2.45) is 5.84 Å². The van der Waals surface area contributed by atoms with E-state index in [4.69, 9.17) is 10.6 Å². The molecule has 0 spiro atoms. The fraction of sp³-hybridized carbons (Fsp3) is 0.750. The van der Waals surface area contributed by atoms with Gasteiger partial charge < -0.3 is 4.74 Å². The van der Waals surface area contributed by atoms with Crippen molar-refractivity contribution in [1.82, 2.24) is 15.2 Å². The first-order valence-corrected chi connectivity index (χ1v) is 6.42. The van der Waals surface area contributed by atoms with Crippen LogP contribution >= 0.6 is 0 Å². The summed E-state index contributed by atoms with van der Waals surface area (Å²) in [5.41, 5.74) is 4.73. The molecule has 1 heterocycles. The Kier molecular flexibility index (Phi) is 6.90. The quantitative estimate of drug-likeness (QED) is 0.405. The van der Waals surface area contributed by atoms with Gasteiger partial charge in [0.1, 0.15) is 6.61 Å². The number of aryl methyl sites for hydroxylation is 2. The Balaban J connectivity index is 2.42. The van der Waals surface area contributed by atoms with Crippen LogP contribution in [0, 0.1) is 6.92 Å². The van der Waals surface area contributed by atoms with Crippen LogP contribution < -0.4 is 11.3 Å². The van der Waals surface area contributed by atoms with Crippen molar-refractivity contribution in [2.45, 2.75) is 45.7 Å². The van der Waals surface area contributed by atoms with Crippen LogP contribution in [0.3, 0.4) is 0 Å². The molecule has 110 valence electrons. The van der Waals surface area contributed by atoms with Gasteiger partial charge in [0.2, 0.25) is 0 Å². The second-order valence-electron chi connectivity index (χ2n) is 4.42. The molecule has 0 radical (unpaired) electrons. The molecule has 0 aromatic carbocycles. The van der Waals surface area contributed by atoms with Crippen molar-refractivity contribution >= 4 is 0 Å². The third-order valence-corrected chi connectivity index (χ3v) is 2.83. The fourth-order valence-electron chi connectivity index (χ4n) is 1.93. The maximum atomic E-state index is 11.9. The van der Waals surface area contributed by atoms with E-state index in [1.165, 1.54) is 0 Å². The van der Waals surface area contributed by atoms with E-state index in [1.807, 2.05) is 24.6 Å². The van der Waals surface area contributed by atoms with Gasteiger partial charge in [0, 0.05) is 31.3 Å². The number of aromatic nitrogens is 2. The third-order valence-electron chi connectivity index (χ3n) is 2.83. The van der Waals surface area contributed by atoms with E-state index < -0.39 is 13.0 Å². The minimum absolute atomic E-state index is 0.0147. The number of halogens is 2. The molecule has 7 heteroatoms. The van der Waals surface area contributed by atoms with Gasteiger partial charge in [-0.3, -0.25) is 16.0 Å². The second kappa shape index (κ2) is 8.19. The normalized spacial score (nSPS) is 13.2. The summed E-state index contributed by atoms with van der Waals surface area (Å²) in [6, 6.07) is 1.99. The fourth-order valence-corrected chi connectivity index (χ4v) is 1.93. The van der Waals surface area contributed by atoms with Crippen molar-refractivity contribution < 1.29 is 13.5 Å². The molecule has 19 heavy (non-hydrogen) atoms. The zero-order chi connectivity index (χ0) is 14.3. The van der Waals surface area contributed by atoms with Crippen LogP contribution in [0.4, 0.5) is 8.78 Å². The summed E-state index contributed by atoms with van der Waals surface area (Å²) in [6.07, 6.45) is -1.14. The Hall–Kier alpha value is -1.05. The van der Waals surface area contributed by atoms with E-state index in [0.29, 0.717) is 12.8 Å². The van der Waals surface area contributed by atoms with Crippen molar-refractivity contribution in [1.29, 1.82) is 0 Å². The number of hydrogen-bond acceptors (Lipinski definition) is 4. The minimum atomic E-state index is -2.42. The van der Waals surface area contributed by atoms with Gasteiger partial charge in [-0.1, -0.05) is 0 Å². The van der Waals surface area contributed by atoms with Gasteiger partial charge in [0.15, 0.2) is 0 Å². The van der Waals surface area contributed by atoms with Crippen LogP contribution in [0.1, 0.15) is 24.7 Å². The highest BCUT2D eigenvalue weighted by Gasteiger charge is 2.12. The Morgan fingerprint density at radius 2 is 2.26 bits per heavy atom. The molecule has 1 aromatic rings. The molecule has 3 N–H and O–H groups in total. The first-order valence-electron chi connectivity index (χ1n) is 6.42. The number of nitrogens with one attached hydrogen (secondary N) is 1. The Morgan fingerprint density at radius 1 is 1.53 bits per heavy atom. The summed E-state index contributed by atoms with van der Waals surface area (Å²) in [6.45, 7) is 4.49. The molecule has 5 nitrogen and oxygen atoms in total. The van der Waals surface area contributed by atoms with Crippen molar-refractivity contribution in [3.8, 4) is 0 Å². The van der Waals surface area contributed by atoms with Crippen LogP contribution in [0.25, 0.3) is 0 Å². The number of ether oxygens (including phenoxy) is 1. The maximum absolute atomic E-state index is 11.9. The lowest BCUT2D eigenvalue weighted by Gasteiger charge is -2.16. The van der Waals surface area contributed by atoms with Crippen LogP contribution in [-0.4, -0.2) is 35.5 Å². The molecule has 0 saturated heterocycles. The van der Waals surface area contributed by atoms with Gasteiger partial charge in [0.05, 0.1) is 5.69 Å². The molecule has 0 bridgehead atoms. The van der Waals surface area contributed by atoms with Crippen LogP contribution in [0.5, 0.6) is 0 Å². The molecule has 1 rings (SSSR count). The lowest BCUT2D eigenvalue weighted by Crippen LogP contribution is -2.38. The zero-order valence-corrected chi connectivity index (χ0v) is 11.4. The van der Waals surface area contributed by atoms with Crippen molar-refractivity contribution in [3.05, 3.63) is 17.5 Å². The lowest BCUT2D eigenvalue weighted by atomic mass is 10.1. The third kappa shape index (κ3) is 5.63. The molecule has 1 aromatic heterocycles. The smallest absolute Gasteiger partial charge is 0.261 e. The molecular formula is C12H22F2N4O. The van der Waals surface area contributed by atoms with Crippen LogP contribution in [-0.2, 0) is 17.7 Å². The van der Waals surface area contributed by atoms with Gasteiger partial charge in [-0.2, -0.15) is 5.10 Å². The van der Waals surface area contributed by atoms with Gasteiger partial charge in [-0.05, 0) is 26.3 Å². The first kappa shape index (κ1) is 16.0.